The number of nitrogens with zero attached hydrogens (tertiary/aromatic N) is 3. The third kappa shape index (κ3) is 5.80. The van der Waals surface area contributed by atoms with Crippen LogP contribution in [0.15, 0.2) is 48.5 Å². The normalized spacial score (nSPS) is 15.9. The molecule has 2 amide bonds. The summed E-state index contributed by atoms with van der Waals surface area (Å²) in [5.41, 5.74) is 2.17. The molecule has 2 unspecified atom stereocenters. The zero-order valence-corrected chi connectivity index (χ0v) is 19.3. The number of nitrogens with one attached hydrogen (secondary N) is 1. The van der Waals surface area contributed by atoms with Crippen molar-refractivity contribution >= 4 is 29.1 Å². The van der Waals surface area contributed by atoms with Gasteiger partial charge in [0.2, 0.25) is 5.91 Å². The molecule has 0 radical (unpaired) electrons. The molecule has 1 aliphatic heterocycles. The van der Waals surface area contributed by atoms with Crippen LogP contribution in [-0.2, 0) is 4.79 Å². The van der Waals surface area contributed by atoms with Crippen LogP contribution in [0.4, 0.5) is 5.69 Å². The minimum absolute atomic E-state index is 0.0108. The van der Waals surface area contributed by atoms with Crippen LogP contribution >= 0.6 is 11.6 Å². The van der Waals surface area contributed by atoms with Gasteiger partial charge in [0.25, 0.3) is 5.91 Å². The maximum atomic E-state index is 13.4. The Bertz CT molecular complexity index is 969. The molecule has 7 heteroatoms. The van der Waals surface area contributed by atoms with Crippen LogP contribution in [0.1, 0.15) is 42.6 Å². The van der Waals surface area contributed by atoms with Crippen molar-refractivity contribution in [2.45, 2.75) is 32.7 Å². The second kappa shape index (κ2) is 11.0. The van der Waals surface area contributed by atoms with Crippen molar-refractivity contribution < 1.29 is 9.59 Å². The average Bonchev–Trinajstić information content (AvgIpc) is 3.08. The van der Waals surface area contributed by atoms with Gasteiger partial charge in [-0.15, -0.1) is 0 Å². The molecule has 1 fully saturated rings. The summed E-state index contributed by atoms with van der Waals surface area (Å²) < 4.78 is 0. The van der Waals surface area contributed by atoms with E-state index in [1.165, 1.54) is 0 Å². The number of hydrogen-bond donors (Lipinski definition) is 1. The van der Waals surface area contributed by atoms with Crippen LogP contribution in [0.25, 0.3) is 0 Å². The van der Waals surface area contributed by atoms with Crippen LogP contribution in [0, 0.1) is 17.2 Å². The summed E-state index contributed by atoms with van der Waals surface area (Å²) >= 11 is 5.92. The molecule has 6 nitrogen and oxygen atoms in total. The summed E-state index contributed by atoms with van der Waals surface area (Å²) in [4.78, 5) is 30.3. The third-order valence-electron chi connectivity index (χ3n) is 6.04. The smallest absolute Gasteiger partial charge is 0.251 e. The standard InChI is InChI=1S/C25H29ClN4O2/c1-3-18(2)23(28-24(31)20-7-9-21(26)10-8-20)25(32)30-14-4-13-29(15-16-30)22-11-5-19(17-27)6-12-22/h5-12,18,23H,3-4,13-16H2,1-2H3,(H,28,31). The lowest BCUT2D eigenvalue weighted by Gasteiger charge is -2.30. The molecule has 1 N–H and O–H groups in total. The second-order valence-electron chi connectivity index (χ2n) is 8.17. The molecule has 0 aromatic heterocycles. The van der Waals surface area contributed by atoms with Crippen LogP contribution < -0.4 is 10.2 Å². The second-order valence-corrected chi connectivity index (χ2v) is 8.60. The molecule has 168 valence electrons. The van der Waals surface area contributed by atoms with Crippen LogP contribution in [0.5, 0.6) is 0 Å². The van der Waals surface area contributed by atoms with E-state index in [0.29, 0.717) is 35.8 Å². The van der Waals surface area contributed by atoms with Gasteiger partial charge in [0.05, 0.1) is 11.6 Å². The Balaban J connectivity index is 1.68. The van der Waals surface area contributed by atoms with Gasteiger partial charge in [-0.1, -0.05) is 31.9 Å². The van der Waals surface area contributed by atoms with E-state index in [1.807, 2.05) is 43.0 Å². The van der Waals surface area contributed by atoms with E-state index in [2.05, 4.69) is 16.3 Å². The van der Waals surface area contributed by atoms with Gasteiger partial charge in [0.1, 0.15) is 6.04 Å². The fraction of sp³-hybridized carbons (Fsp3) is 0.400. The minimum Gasteiger partial charge on any atom is -0.370 e. The van der Waals surface area contributed by atoms with E-state index in [0.717, 1.165) is 25.1 Å². The summed E-state index contributed by atoms with van der Waals surface area (Å²) in [7, 11) is 0. The summed E-state index contributed by atoms with van der Waals surface area (Å²) in [5.74, 6) is -0.297. The van der Waals surface area contributed by atoms with Crippen molar-refractivity contribution in [3.63, 3.8) is 0 Å². The lowest BCUT2D eigenvalue weighted by molar-refractivity contribution is -0.134. The van der Waals surface area contributed by atoms with E-state index in [1.54, 1.807) is 24.3 Å². The summed E-state index contributed by atoms with van der Waals surface area (Å²) in [6.45, 7) is 6.79. The molecule has 2 atom stereocenters. The van der Waals surface area contributed by atoms with E-state index >= 15 is 0 Å². The molecule has 1 aliphatic rings. The van der Waals surface area contributed by atoms with Gasteiger partial charge in [0.15, 0.2) is 0 Å². The first-order chi connectivity index (χ1) is 15.4. The molecule has 0 spiro atoms. The molecular formula is C25H29ClN4O2. The quantitative estimate of drug-likeness (QED) is 0.716. The van der Waals surface area contributed by atoms with Gasteiger partial charge in [-0.25, -0.2) is 0 Å². The molecule has 2 aromatic carbocycles. The first kappa shape index (κ1) is 23.6. The van der Waals surface area contributed by atoms with Gasteiger partial charge in [-0.05, 0) is 60.9 Å². The highest BCUT2D eigenvalue weighted by atomic mass is 35.5. The topological polar surface area (TPSA) is 76.4 Å². The maximum absolute atomic E-state index is 13.4. The van der Waals surface area contributed by atoms with E-state index in [4.69, 9.17) is 16.9 Å². The lowest BCUT2D eigenvalue weighted by Crippen LogP contribution is -2.52. The zero-order valence-electron chi connectivity index (χ0n) is 18.6. The number of carbonyl (C=O) groups excluding carboxylic acids is 2. The first-order valence-electron chi connectivity index (χ1n) is 11.0. The van der Waals surface area contributed by atoms with E-state index < -0.39 is 6.04 Å². The summed E-state index contributed by atoms with van der Waals surface area (Å²) in [5, 5.41) is 12.5. The van der Waals surface area contributed by atoms with Crippen molar-refractivity contribution in [3.8, 4) is 6.07 Å². The lowest BCUT2D eigenvalue weighted by atomic mass is 9.97. The third-order valence-corrected chi connectivity index (χ3v) is 6.29. The monoisotopic (exact) mass is 452 g/mol. The Morgan fingerprint density at radius 1 is 1.06 bits per heavy atom. The number of anilines is 1. The van der Waals surface area contributed by atoms with Crippen molar-refractivity contribution in [1.82, 2.24) is 10.2 Å². The molecule has 32 heavy (non-hydrogen) atoms. The molecule has 0 bridgehead atoms. The molecule has 2 aromatic rings. The zero-order chi connectivity index (χ0) is 23.1. The van der Waals surface area contributed by atoms with Crippen molar-refractivity contribution in [3.05, 3.63) is 64.7 Å². The number of amides is 2. The van der Waals surface area contributed by atoms with Gasteiger partial charge in [0, 0.05) is 42.5 Å². The van der Waals surface area contributed by atoms with E-state index in [-0.39, 0.29) is 17.7 Å². The van der Waals surface area contributed by atoms with Crippen LogP contribution in [0.3, 0.4) is 0 Å². The highest BCUT2D eigenvalue weighted by Crippen LogP contribution is 2.19. The van der Waals surface area contributed by atoms with Crippen molar-refractivity contribution in [1.29, 1.82) is 5.26 Å². The van der Waals surface area contributed by atoms with Gasteiger partial charge >= 0.3 is 0 Å². The number of rotatable bonds is 6. The summed E-state index contributed by atoms with van der Waals surface area (Å²) in [6.07, 6.45) is 1.62. The number of hydrogen-bond acceptors (Lipinski definition) is 4. The maximum Gasteiger partial charge on any atom is 0.251 e. The van der Waals surface area contributed by atoms with Gasteiger partial charge in [-0.3, -0.25) is 9.59 Å². The fourth-order valence-corrected chi connectivity index (χ4v) is 3.97. The van der Waals surface area contributed by atoms with Crippen molar-refractivity contribution in [2.24, 2.45) is 5.92 Å². The summed E-state index contributed by atoms with van der Waals surface area (Å²) in [6, 6.07) is 15.8. The number of benzene rings is 2. The Labute approximate surface area is 194 Å². The molecule has 0 aliphatic carbocycles. The number of halogens is 1. The highest BCUT2D eigenvalue weighted by molar-refractivity contribution is 6.30. The molecule has 3 rings (SSSR count). The molecular weight excluding hydrogens is 424 g/mol. The Morgan fingerprint density at radius 2 is 1.75 bits per heavy atom. The average molecular weight is 453 g/mol. The van der Waals surface area contributed by atoms with Crippen LogP contribution in [0.2, 0.25) is 5.02 Å². The fourth-order valence-electron chi connectivity index (χ4n) is 3.85. The predicted molar refractivity (Wildman–Crippen MR) is 127 cm³/mol. The largest absolute Gasteiger partial charge is 0.370 e. The van der Waals surface area contributed by atoms with Gasteiger partial charge < -0.3 is 15.1 Å². The molecule has 0 saturated carbocycles. The predicted octanol–water partition coefficient (Wildman–Crippen LogP) is 4.10. The van der Waals surface area contributed by atoms with E-state index in [9.17, 15) is 9.59 Å². The molecule has 1 heterocycles. The number of nitriles is 1. The Hall–Kier alpha value is -3.04. The minimum atomic E-state index is -0.579. The SMILES string of the molecule is CCC(C)C(NC(=O)c1ccc(Cl)cc1)C(=O)N1CCCN(c2ccc(C#N)cc2)CC1. The Morgan fingerprint density at radius 3 is 2.38 bits per heavy atom. The molecule has 1 saturated heterocycles. The first-order valence-corrected chi connectivity index (χ1v) is 11.4. The van der Waals surface area contributed by atoms with Gasteiger partial charge in [-0.2, -0.15) is 5.26 Å². The van der Waals surface area contributed by atoms with Crippen molar-refractivity contribution in [2.75, 3.05) is 31.1 Å². The number of carbonyl (C=O) groups is 2. The Kier molecular flexibility index (Phi) is 8.13. The van der Waals surface area contributed by atoms with Crippen LogP contribution in [-0.4, -0.2) is 48.9 Å². The highest BCUT2D eigenvalue weighted by Gasteiger charge is 2.31.